The molecule has 1 nitrogen and oxygen atoms in total. The third-order valence-corrected chi connectivity index (χ3v) is 4.20. The fourth-order valence-electron chi connectivity index (χ4n) is 2.98. The second kappa shape index (κ2) is 5.16. The SMILES string of the molecule is Cc1ccc(C)c(C[n+]2ccc3c(c2)CCCC3)c1. The Bertz CT molecular complexity index is 599. The molecule has 0 spiro atoms. The van der Waals surface area contributed by atoms with Crippen LogP contribution in [0.4, 0.5) is 0 Å². The molecule has 0 aliphatic heterocycles. The van der Waals surface area contributed by atoms with Crippen molar-refractivity contribution in [2.45, 2.75) is 46.1 Å². The van der Waals surface area contributed by atoms with Gasteiger partial charge in [-0.15, -0.1) is 0 Å². The van der Waals surface area contributed by atoms with Crippen molar-refractivity contribution in [3.63, 3.8) is 0 Å². The maximum absolute atomic E-state index is 2.36. The third kappa shape index (κ3) is 2.70. The monoisotopic (exact) mass is 252 g/mol. The summed E-state index contributed by atoms with van der Waals surface area (Å²) in [5.74, 6) is 0. The predicted octanol–water partition coefficient (Wildman–Crippen LogP) is 3.52. The molecular formula is C18H22N+. The molecule has 1 aromatic heterocycles. The topological polar surface area (TPSA) is 3.88 Å². The Morgan fingerprint density at radius 2 is 1.79 bits per heavy atom. The molecule has 1 heteroatoms. The Labute approximate surface area is 115 Å². The molecule has 0 atom stereocenters. The molecule has 0 saturated heterocycles. The molecule has 3 rings (SSSR count). The van der Waals surface area contributed by atoms with E-state index >= 15 is 0 Å². The number of hydrogen-bond acceptors (Lipinski definition) is 0. The number of benzene rings is 1. The average Bonchev–Trinajstić information content (AvgIpc) is 2.43. The Morgan fingerprint density at radius 1 is 1.00 bits per heavy atom. The van der Waals surface area contributed by atoms with E-state index < -0.39 is 0 Å². The summed E-state index contributed by atoms with van der Waals surface area (Å²) in [4.78, 5) is 0. The van der Waals surface area contributed by atoms with Crippen molar-refractivity contribution >= 4 is 0 Å². The number of fused-ring (bicyclic) bond motifs is 1. The molecule has 0 bridgehead atoms. The normalized spacial score (nSPS) is 14.2. The predicted molar refractivity (Wildman–Crippen MR) is 78.3 cm³/mol. The molecule has 1 aliphatic carbocycles. The van der Waals surface area contributed by atoms with Gasteiger partial charge in [-0.05, 0) is 56.7 Å². The maximum Gasteiger partial charge on any atom is 0.174 e. The highest BCUT2D eigenvalue weighted by Gasteiger charge is 2.14. The Morgan fingerprint density at radius 3 is 2.63 bits per heavy atom. The van der Waals surface area contributed by atoms with Crippen LogP contribution in [0.3, 0.4) is 0 Å². The van der Waals surface area contributed by atoms with Gasteiger partial charge in [0.15, 0.2) is 18.9 Å². The van der Waals surface area contributed by atoms with Crippen LogP contribution in [-0.2, 0) is 19.4 Å². The van der Waals surface area contributed by atoms with Gasteiger partial charge in [0.1, 0.15) is 0 Å². The van der Waals surface area contributed by atoms with E-state index in [1.807, 2.05) is 0 Å². The first-order valence-electron chi connectivity index (χ1n) is 7.29. The van der Waals surface area contributed by atoms with Gasteiger partial charge in [0.2, 0.25) is 0 Å². The second-order valence-corrected chi connectivity index (χ2v) is 5.80. The van der Waals surface area contributed by atoms with E-state index in [4.69, 9.17) is 0 Å². The summed E-state index contributed by atoms with van der Waals surface area (Å²) in [7, 11) is 0. The van der Waals surface area contributed by atoms with Crippen LogP contribution in [0.5, 0.6) is 0 Å². The lowest BCUT2D eigenvalue weighted by Gasteiger charge is -2.13. The molecule has 98 valence electrons. The highest BCUT2D eigenvalue weighted by Crippen LogP contribution is 2.19. The molecular weight excluding hydrogens is 230 g/mol. The van der Waals surface area contributed by atoms with Crippen LogP contribution in [0.25, 0.3) is 0 Å². The molecule has 1 heterocycles. The average molecular weight is 252 g/mol. The molecule has 0 radical (unpaired) electrons. The molecule has 0 N–H and O–H groups in total. The molecule has 1 aromatic carbocycles. The largest absolute Gasteiger partial charge is 0.200 e. The summed E-state index contributed by atoms with van der Waals surface area (Å²) in [5.41, 5.74) is 7.28. The second-order valence-electron chi connectivity index (χ2n) is 5.80. The summed E-state index contributed by atoms with van der Waals surface area (Å²) < 4.78 is 2.34. The fourth-order valence-corrected chi connectivity index (χ4v) is 2.98. The van der Waals surface area contributed by atoms with Crippen molar-refractivity contribution in [1.82, 2.24) is 0 Å². The Kier molecular flexibility index (Phi) is 3.37. The Hall–Kier alpha value is -1.63. The van der Waals surface area contributed by atoms with Crippen molar-refractivity contribution in [2.75, 3.05) is 0 Å². The number of hydrogen-bond donors (Lipinski definition) is 0. The zero-order valence-corrected chi connectivity index (χ0v) is 11.9. The van der Waals surface area contributed by atoms with E-state index in [1.54, 1.807) is 11.1 Å². The van der Waals surface area contributed by atoms with Crippen LogP contribution < -0.4 is 4.57 Å². The van der Waals surface area contributed by atoms with Gasteiger partial charge in [-0.2, -0.15) is 0 Å². The summed E-state index contributed by atoms with van der Waals surface area (Å²) in [5, 5.41) is 0. The minimum atomic E-state index is 0.987. The summed E-state index contributed by atoms with van der Waals surface area (Å²) in [6, 6.07) is 9.04. The van der Waals surface area contributed by atoms with Crippen molar-refractivity contribution in [3.8, 4) is 0 Å². The van der Waals surface area contributed by atoms with Crippen LogP contribution >= 0.6 is 0 Å². The van der Waals surface area contributed by atoms with Gasteiger partial charge in [-0.25, -0.2) is 4.57 Å². The van der Waals surface area contributed by atoms with Gasteiger partial charge in [0, 0.05) is 17.2 Å². The van der Waals surface area contributed by atoms with Crippen LogP contribution in [0, 0.1) is 13.8 Å². The maximum atomic E-state index is 2.36. The third-order valence-electron chi connectivity index (χ3n) is 4.20. The van der Waals surface area contributed by atoms with Gasteiger partial charge in [-0.1, -0.05) is 17.7 Å². The lowest BCUT2D eigenvalue weighted by atomic mass is 9.93. The van der Waals surface area contributed by atoms with Crippen molar-refractivity contribution < 1.29 is 4.57 Å². The van der Waals surface area contributed by atoms with Gasteiger partial charge in [0.25, 0.3) is 0 Å². The number of aromatic nitrogens is 1. The van der Waals surface area contributed by atoms with Crippen LogP contribution in [0.15, 0.2) is 36.7 Å². The molecule has 0 amide bonds. The van der Waals surface area contributed by atoms with Crippen LogP contribution in [-0.4, -0.2) is 0 Å². The summed E-state index contributed by atoms with van der Waals surface area (Å²) >= 11 is 0. The molecule has 0 saturated carbocycles. The van der Waals surface area contributed by atoms with Gasteiger partial charge in [-0.3, -0.25) is 0 Å². The highest BCUT2D eigenvalue weighted by molar-refractivity contribution is 5.30. The molecule has 2 aromatic rings. The fraction of sp³-hybridized carbons (Fsp3) is 0.389. The van der Waals surface area contributed by atoms with E-state index in [9.17, 15) is 0 Å². The first kappa shape index (κ1) is 12.4. The summed E-state index contributed by atoms with van der Waals surface area (Å²) in [6.07, 6.45) is 9.82. The Balaban J connectivity index is 1.89. The van der Waals surface area contributed by atoms with Gasteiger partial charge >= 0.3 is 0 Å². The molecule has 1 aliphatic rings. The number of rotatable bonds is 2. The lowest BCUT2D eigenvalue weighted by molar-refractivity contribution is -0.688. The van der Waals surface area contributed by atoms with Gasteiger partial charge < -0.3 is 0 Å². The quantitative estimate of drug-likeness (QED) is 0.720. The minimum Gasteiger partial charge on any atom is -0.200 e. The van der Waals surface area contributed by atoms with Crippen LogP contribution in [0.2, 0.25) is 0 Å². The zero-order valence-electron chi connectivity index (χ0n) is 11.9. The molecule has 0 unspecified atom stereocenters. The number of nitrogens with zero attached hydrogens (tertiary/aromatic N) is 1. The van der Waals surface area contributed by atoms with E-state index in [2.05, 4.69) is 55.1 Å². The number of pyridine rings is 1. The zero-order chi connectivity index (χ0) is 13.2. The smallest absolute Gasteiger partial charge is 0.174 e. The number of aryl methyl sites for hydroxylation is 4. The first-order valence-corrected chi connectivity index (χ1v) is 7.29. The van der Waals surface area contributed by atoms with Crippen LogP contribution in [0.1, 0.15) is 40.7 Å². The van der Waals surface area contributed by atoms with E-state index in [0.717, 1.165) is 6.54 Å². The van der Waals surface area contributed by atoms with E-state index in [0.29, 0.717) is 0 Å². The first-order chi connectivity index (χ1) is 9.22. The van der Waals surface area contributed by atoms with Crippen molar-refractivity contribution in [2.24, 2.45) is 0 Å². The molecule has 19 heavy (non-hydrogen) atoms. The minimum absolute atomic E-state index is 0.987. The standard InChI is InChI=1S/C18H22N/c1-14-7-8-15(2)18(11-14)13-19-10-9-16-5-3-4-6-17(16)12-19/h7-12H,3-6,13H2,1-2H3/q+1. The van der Waals surface area contributed by atoms with Gasteiger partial charge in [0.05, 0.1) is 0 Å². The summed E-state index contributed by atoms with van der Waals surface area (Å²) in [6.45, 7) is 5.36. The lowest BCUT2D eigenvalue weighted by Crippen LogP contribution is -2.35. The van der Waals surface area contributed by atoms with E-state index in [-0.39, 0.29) is 0 Å². The molecule has 0 fully saturated rings. The highest BCUT2D eigenvalue weighted by atomic mass is 14.9. The van der Waals surface area contributed by atoms with E-state index in [1.165, 1.54) is 42.4 Å². The van der Waals surface area contributed by atoms with Crippen molar-refractivity contribution in [3.05, 3.63) is 64.5 Å². The van der Waals surface area contributed by atoms with Crippen molar-refractivity contribution in [1.29, 1.82) is 0 Å².